The maximum Gasteiger partial charge on any atom is 0.193 e. The van der Waals surface area contributed by atoms with Crippen LogP contribution in [0.2, 0.25) is 0 Å². The Morgan fingerprint density at radius 1 is 0.536 bits per heavy atom. The van der Waals surface area contributed by atoms with E-state index >= 15 is 0 Å². The van der Waals surface area contributed by atoms with Crippen LogP contribution in [0, 0.1) is 27.7 Å². The molecule has 0 bridgehead atoms. The predicted molar refractivity (Wildman–Crippen MR) is 114 cm³/mol. The van der Waals surface area contributed by atoms with E-state index in [-0.39, 0.29) is 11.6 Å². The molecule has 0 radical (unpaired) electrons. The maximum absolute atomic E-state index is 13.2. The van der Waals surface area contributed by atoms with Crippen molar-refractivity contribution in [2.24, 2.45) is 0 Å². The molecule has 0 amide bonds. The standard InChI is InChI=1S/C24H24N2O2/c1-13-14(2)22(24(28)18-7-11-20(26)12-8-18)16(4)15(3)21(13)23(27)17-5-9-19(25)10-6-17/h5-12H,25-26H2,1-4H3. The van der Waals surface area contributed by atoms with Crippen LogP contribution in [0.4, 0.5) is 11.4 Å². The van der Waals surface area contributed by atoms with Gasteiger partial charge in [0.25, 0.3) is 0 Å². The van der Waals surface area contributed by atoms with Gasteiger partial charge in [-0.1, -0.05) is 0 Å². The number of nitrogens with two attached hydrogens (primary N) is 2. The van der Waals surface area contributed by atoms with Gasteiger partial charge in [-0.25, -0.2) is 0 Å². The quantitative estimate of drug-likeness (QED) is 0.520. The van der Waals surface area contributed by atoms with E-state index in [4.69, 9.17) is 11.5 Å². The molecule has 0 aliphatic carbocycles. The smallest absolute Gasteiger partial charge is 0.193 e. The first kappa shape index (κ1) is 19.4. The third kappa shape index (κ3) is 3.29. The van der Waals surface area contributed by atoms with Crippen LogP contribution >= 0.6 is 0 Å². The number of carbonyl (C=O) groups is 2. The Hall–Kier alpha value is -3.40. The third-order valence-corrected chi connectivity index (χ3v) is 5.42. The van der Waals surface area contributed by atoms with Gasteiger partial charge in [0.15, 0.2) is 11.6 Å². The molecule has 4 heteroatoms. The van der Waals surface area contributed by atoms with Gasteiger partial charge in [-0.05, 0) is 98.5 Å². The highest BCUT2D eigenvalue weighted by Crippen LogP contribution is 2.30. The summed E-state index contributed by atoms with van der Waals surface area (Å²) in [4.78, 5) is 26.3. The van der Waals surface area contributed by atoms with Crippen molar-refractivity contribution < 1.29 is 9.59 Å². The number of nitrogen functional groups attached to an aromatic ring is 2. The third-order valence-electron chi connectivity index (χ3n) is 5.42. The van der Waals surface area contributed by atoms with Gasteiger partial charge in [0.2, 0.25) is 0 Å². The van der Waals surface area contributed by atoms with Crippen LogP contribution in [-0.2, 0) is 0 Å². The summed E-state index contributed by atoms with van der Waals surface area (Å²) in [5.74, 6) is -0.125. The largest absolute Gasteiger partial charge is 0.399 e. The minimum Gasteiger partial charge on any atom is -0.399 e. The Balaban J connectivity index is 2.14. The van der Waals surface area contributed by atoms with Crippen LogP contribution in [0.5, 0.6) is 0 Å². The molecular formula is C24H24N2O2. The van der Waals surface area contributed by atoms with E-state index < -0.39 is 0 Å². The summed E-state index contributed by atoms with van der Waals surface area (Å²) in [6, 6.07) is 13.8. The highest BCUT2D eigenvalue weighted by atomic mass is 16.1. The van der Waals surface area contributed by atoms with E-state index in [2.05, 4.69) is 0 Å². The number of carbonyl (C=O) groups excluding carboxylic acids is 2. The second-order valence-corrected chi connectivity index (χ2v) is 7.15. The zero-order valence-corrected chi connectivity index (χ0v) is 16.6. The molecule has 0 aliphatic heterocycles. The predicted octanol–water partition coefficient (Wildman–Crippen LogP) is 4.55. The lowest BCUT2D eigenvalue weighted by molar-refractivity contribution is 0.102. The number of ketones is 2. The molecule has 28 heavy (non-hydrogen) atoms. The molecule has 0 unspecified atom stereocenters. The summed E-state index contributed by atoms with van der Waals surface area (Å²) in [5.41, 5.74) is 18.4. The van der Waals surface area contributed by atoms with Crippen molar-refractivity contribution >= 4 is 22.9 Å². The minimum absolute atomic E-state index is 0.0623. The van der Waals surface area contributed by atoms with Gasteiger partial charge in [0.1, 0.15) is 0 Å². The number of anilines is 2. The van der Waals surface area contributed by atoms with Gasteiger partial charge in [-0.2, -0.15) is 0 Å². The summed E-state index contributed by atoms with van der Waals surface area (Å²) in [6.07, 6.45) is 0. The number of hydrogen-bond donors (Lipinski definition) is 2. The zero-order chi connectivity index (χ0) is 20.6. The molecule has 4 N–H and O–H groups in total. The Morgan fingerprint density at radius 3 is 1.04 bits per heavy atom. The first-order valence-corrected chi connectivity index (χ1v) is 9.13. The Kier molecular flexibility index (Phi) is 5.06. The minimum atomic E-state index is -0.0623. The second-order valence-electron chi connectivity index (χ2n) is 7.15. The Bertz CT molecular complexity index is 962. The summed E-state index contributed by atoms with van der Waals surface area (Å²) >= 11 is 0. The molecular weight excluding hydrogens is 348 g/mol. The van der Waals surface area contributed by atoms with Crippen LogP contribution in [0.3, 0.4) is 0 Å². The van der Waals surface area contributed by atoms with Crippen LogP contribution in [0.15, 0.2) is 48.5 Å². The average molecular weight is 372 g/mol. The Morgan fingerprint density at radius 2 is 0.786 bits per heavy atom. The van der Waals surface area contributed by atoms with Crippen molar-refractivity contribution in [1.82, 2.24) is 0 Å². The first-order chi connectivity index (χ1) is 13.2. The normalized spacial score (nSPS) is 10.7. The number of rotatable bonds is 4. The lowest BCUT2D eigenvalue weighted by atomic mass is 9.83. The van der Waals surface area contributed by atoms with E-state index in [1.54, 1.807) is 48.5 Å². The summed E-state index contributed by atoms with van der Waals surface area (Å²) in [5, 5.41) is 0. The van der Waals surface area contributed by atoms with Crippen molar-refractivity contribution in [1.29, 1.82) is 0 Å². The fourth-order valence-electron chi connectivity index (χ4n) is 3.55. The molecule has 0 heterocycles. The lowest BCUT2D eigenvalue weighted by Gasteiger charge is -2.19. The summed E-state index contributed by atoms with van der Waals surface area (Å²) in [7, 11) is 0. The van der Waals surface area contributed by atoms with Gasteiger partial charge in [-0.3, -0.25) is 9.59 Å². The average Bonchev–Trinajstić information content (AvgIpc) is 2.67. The lowest BCUT2D eigenvalue weighted by Crippen LogP contribution is -2.15. The zero-order valence-electron chi connectivity index (χ0n) is 16.6. The second kappa shape index (κ2) is 7.31. The molecule has 3 aromatic carbocycles. The molecule has 0 atom stereocenters. The fraction of sp³-hybridized carbons (Fsp3) is 0.167. The molecule has 0 spiro atoms. The fourth-order valence-corrected chi connectivity index (χ4v) is 3.55. The van der Waals surface area contributed by atoms with Crippen molar-refractivity contribution in [3.8, 4) is 0 Å². The molecule has 0 aromatic heterocycles. The van der Waals surface area contributed by atoms with Crippen molar-refractivity contribution in [2.45, 2.75) is 27.7 Å². The van der Waals surface area contributed by atoms with Crippen LogP contribution in [0.25, 0.3) is 0 Å². The van der Waals surface area contributed by atoms with E-state index in [0.29, 0.717) is 33.6 Å². The molecule has 0 saturated heterocycles. The highest BCUT2D eigenvalue weighted by Gasteiger charge is 2.24. The van der Waals surface area contributed by atoms with Crippen molar-refractivity contribution in [3.05, 3.63) is 93.0 Å². The van der Waals surface area contributed by atoms with Gasteiger partial charge in [-0.15, -0.1) is 0 Å². The summed E-state index contributed by atoms with van der Waals surface area (Å²) in [6.45, 7) is 7.58. The molecule has 0 fully saturated rings. The van der Waals surface area contributed by atoms with E-state index in [1.165, 1.54) is 0 Å². The van der Waals surface area contributed by atoms with Crippen molar-refractivity contribution in [2.75, 3.05) is 11.5 Å². The van der Waals surface area contributed by atoms with Gasteiger partial charge >= 0.3 is 0 Å². The SMILES string of the molecule is Cc1c(C)c(C(=O)c2ccc(N)cc2)c(C)c(C)c1C(=O)c1ccc(N)cc1. The molecule has 0 aliphatic rings. The monoisotopic (exact) mass is 372 g/mol. The Labute approximate surface area is 165 Å². The number of hydrogen-bond acceptors (Lipinski definition) is 4. The number of benzene rings is 3. The van der Waals surface area contributed by atoms with Gasteiger partial charge in [0.05, 0.1) is 0 Å². The summed E-state index contributed by atoms with van der Waals surface area (Å²) < 4.78 is 0. The molecule has 4 nitrogen and oxygen atoms in total. The van der Waals surface area contributed by atoms with Gasteiger partial charge in [0, 0.05) is 33.6 Å². The van der Waals surface area contributed by atoms with Crippen LogP contribution in [0.1, 0.15) is 54.1 Å². The van der Waals surface area contributed by atoms with Crippen LogP contribution in [-0.4, -0.2) is 11.6 Å². The van der Waals surface area contributed by atoms with Gasteiger partial charge < -0.3 is 11.5 Å². The van der Waals surface area contributed by atoms with E-state index in [9.17, 15) is 9.59 Å². The molecule has 3 aromatic rings. The van der Waals surface area contributed by atoms with E-state index in [0.717, 1.165) is 22.3 Å². The topological polar surface area (TPSA) is 86.2 Å². The van der Waals surface area contributed by atoms with Crippen molar-refractivity contribution in [3.63, 3.8) is 0 Å². The maximum atomic E-state index is 13.2. The first-order valence-electron chi connectivity index (χ1n) is 9.13. The van der Waals surface area contributed by atoms with E-state index in [1.807, 2.05) is 27.7 Å². The highest BCUT2D eigenvalue weighted by molar-refractivity contribution is 6.15. The molecule has 0 saturated carbocycles. The molecule has 3 rings (SSSR count). The van der Waals surface area contributed by atoms with Crippen LogP contribution < -0.4 is 11.5 Å². The molecule has 142 valence electrons.